The highest BCUT2D eigenvalue weighted by Gasteiger charge is 2.02. The van der Waals surface area contributed by atoms with E-state index in [-0.39, 0.29) is 11.8 Å². The van der Waals surface area contributed by atoms with Crippen LogP contribution in [0.4, 0.5) is 0 Å². The second-order valence-electron chi connectivity index (χ2n) is 3.86. The maximum absolute atomic E-state index is 11.0. The molecule has 5 heteroatoms. The van der Waals surface area contributed by atoms with Crippen molar-refractivity contribution in [3.63, 3.8) is 0 Å². The number of halogens is 1. The van der Waals surface area contributed by atoms with Gasteiger partial charge in [0.25, 0.3) is 0 Å². The molecule has 0 atom stereocenters. The van der Waals surface area contributed by atoms with Crippen LogP contribution in [0.15, 0.2) is 42.7 Å². The van der Waals surface area contributed by atoms with E-state index < -0.39 is 0 Å². The fourth-order valence-electron chi connectivity index (χ4n) is 1.60. The molecule has 2 rings (SSSR count). The predicted octanol–water partition coefficient (Wildman–Crippen LogP) is 1.77. The Kier molecular flexibility index (Phi) is 4.36. The number of carbonyl (C=O) groups excluding carboxylic acids is 1. The largest absolute Gasteiger partial charge is 0.355 e. The summed E-state index contributed by atoms with van der Waals surface area (Å²) in [4.78, 5) is 11.0. The van der Waals surface area contributed by atoms with Crippen LogP contribution in [0.1, 0.15) is 5.56 Å². The summed E-state index contributed by atoms with van der Waals surface area (Å²) >= 11 is 5.39. The highest BCUT2D eigenvalue weighted by Crippen LogP contribution is 2.07. The zero-order chi connectivity index (χ0) is 12.8. The molecule has 1 aromatic heterocycles. The minimum atomic E-state index is -0.146. The first-order valence-electron chi connectivity index (χ1n) is 5.71. The van der Waals surface area contributed by atoms with Crippen molar-refractivity contribution >= 4 is 17.5 Å². The van der Waals surface area contributed by atoms with Crippen LogP contribution in [0.25, 0.3) is 5.69 Å². The van der Waals surface area contributed by atoms with E-state index in [9.17, 15) is 4.79 Å². The third-order valence-corrected chi connectivity index (χ3v) is 2.76. The van der Waals surface area contributed by atoms with Gasteiger partial charge in [-0.15, -0.1) is 11.6 Å². The summed E-state index contributed by atoms with van der Waals surface area (Å²) in [5.41, 5.74) is 2.10. The Morgan fingerprint density at radius 3 is 2.83 bits per heavy atom. The molecule has 0 unspecified atom stereocenters. The molecule has 0 aliphatic carbocycles. The minimum Gasteiger partial charge on any atom is -0.355 e. The topological polar surface area (TPSA) is 46.9 Å². The Hall–Kier alpha value is -1.81. The van der Waals surface area contributed by atoms with Crippen molar-refractivity contribution < 1.29 is 4.79 Å². The fourth-order valence-corrected chi connectivity index (χ4v) is 1.70. The van der Waals surface area contributed by atoms with E-state index in [1.807, 2.05) is 41.2 Å². The average Bonchev–Trinajstić information content (AvgIpc) is 2.88. The van der Waals surface area contributed by atoms with Gasteiger partial charge in [-0.3, -0.25) is 4.79 Å². The highest BCUT2D eigenvalue weighted by molar-refractivity contribution is 6.27. The molecule has 0 saturated carbocycles. The standard InChI is InChI=1S/C13H14ClN3O/c14-8-13(18)15-7-6-11-9-16-17(10-11)12-4-2-1-3-5-12/h1-5,9-10H,6-8H2,(H,15,18). The molecule has 0 aliphatic heterocycles. The van der Waals surface area contributed by atoms with Crippen molar-refractivity contribution in [1.82, 2.24) is 15.1 Å². The van der Waals surface area contributed by atoms with Crippen LogP contribution < -0.4 is 5.32 Å². The van der Waals surface area contributed by atoms with Gasteiger partial charge in [0.2, 0.25) is 5.91 Å². The zero-order valence-electron chi connectivity index (χ0n) is 9.84. The van der Waals surface area contributed by atoms with Crippen molar-refractivity contribution in [2.75, 3.05) is 12.4 Å². The number of amides is 1. The smallest absolute Gasteiger partial charge is 0.234 e. The lowest BCUT2D eigenvalue weighted by molar-refractivity contribution is -0.118. The summed E-state index contributed by atoms with van der Waals surface area (Å²) in [5.74, 6) is -0.143. The van der Waals surface area contributed by atoms with Crippen molar-refractivity contribution in [3.05, 3.63) is 48.3 Å². The molecule has 1 amide bonds. The Morgan fingerprint density at radius 2 is 2.11 bits per heavy atom. The number of hydrogen-bond donors (Lipinski definition) is 1. The Bertz CT molecular complexity index is 510. The van der Waals surface area contributed by atoms with E-state index in [0.29, 0.717) is 6.54 Å². The van der Waals surface area contributed by atoms with Gasteiger partial charge in [-0.25, -0.2) is 4.68 Å². The molecule has 1 heterocycles. The lowest BCUT2D eigenvalue weighted by Gasteiger charge is -2.01. The van der Waals surface area contributed by atoms with E-state index in [1.165, 1.54) is 0 Å². The van der Waals surface area contributed by atoms with E-state index in [0.717, 1.165) is 17.7 Å². The van der Waals surface area contributed by atoms with Gasteiger partial charge in [-0.05, 0) is 24.1 Å². The summed E-state index contributed by atoms with van der Waals surface area (Å²) in [6.07, 6.45) is 4.51. The first kappa shape index (κ1) is 12.6. The van der Waals surface area contributed by atoms with Gasteiger partial charge >= 0.3 is 0 Å². The van der Waals surface area contributed by atoms with Gasteiger partial charge in [0.05, 0.1) is 11.9 Å². The summed E-state index contributed by atoms with van der Waals surface area (Å²) in [6.45, 7) is 0.575. The number of alkyl halides is 1. The van der Waals surface area contributed by atoms with Crippen LogP contribution in [-0.4, -0.2) is 28.1 Å². The summed E-state index contributed by atoms with van der Waals surface area (Å²) < 4.78 is 1.82. The molecular weight excluding hydrogens is 250 g/mol. The van der Waals surface area contributed by atoms with E-state index in [1.54, 1.807) is 6.20 Å². The van der Waals surface area contributed by atoms with Crippen molar-refractivity contribution in [1.29, 1.82) is 0 Å². The maximum atomic E-state index is 11.0. The highest BCUT2D eigenvalue weighted by atomic mass is 35.5. The second kappa shape index (κ2) is 6.21. The summed E-state index contributed by atoms with van der Waals surface area (Å²) in [6, 6.07) is 9.89. The van der Waals surface area contributed by atoms with Crippen LogP contribution in [0, 0.1) is 0 Å². The van der Waals surface area contributed by atoms with Gasteiger partial charge in [0.15, 0.2) is 0 Å². The van der Waals surface area contributed by atoms with E-state index in [4.69, 9.17) is 11.6 Å². The third kappa shape index (κ3) is 3.34. The van der Waals surface area contributed by atoms with Gasteiger partial charge < -0.3 is 5.32 Å². The van der Waals surface area contributed by atoms with Crippen molar-refractivity contribution in [3.8, 4) is 5.69 Å². The Labute approximate surface area is 111 Å². The quantitative estimate of drug-likeness (QED) is 0.836. The molecule has 94 valence electrons. The van der Waals surface area contributed by atoms with Crippen LogP contribution >= 0.6 is 11.6 Å². The fraction of sp³-hybridized carbons (Fsp3) is 0.231. The first-order chi connectivity index (χ1) is 8.79. The minimum absolute atomic E-state index is 0.00325. The predicted molar refractivity (Wildman–Crippen MR) is 71.0 cm³/mol. The number of nitrogens with one attached hydrogen (secondary N) is 1. The number of carbonyl (C=O) groups is 1. The second-order valence-corrected chi connectivity index (χ2v) is 4.13. The Morgan fingerprint density at radius 1 is 1.33 bits per heavy atom. The molecule has 1 aromatic carbocycles. The number of benzene rings is 1. The summed E-state index contributed by atoms with van der Waals surface area (Å²) in [5, 5.41) is 7.00. The van der Waals surface area contributed by atoms with E-state index in [2.05, 4.69) is 10.4 Å². The van der Waals surface area contributed by atoms with Gasteiger partial charge in [0.1, 0.15) is 5.88 Å². The monoisotopic (exact) mass is 263 g/mol. The zero-order valence-corrected chi connectivity index (χ0v) is 10.6. The summed E-state index contributed by atoms with van der Waals surface area (Å²) in [7, 11) is 0. The molecule has 0 saturated heterocycles. The number of rotatable bonds is 5. The van der Waals surface area contributed by atoms with E-state index >= 15 is 0 Å². The molecule has 1 N–H and O–H groups in total. The average molecular weight is 264 g/mol. The van der Waals surface area contributed by atoms with Crippen molar-refractivity contribution in [2.24, 2.45) is 0 Å². The maximum Gasteiger partial charge on any atom is 0.234 e. The van der Waals surface area contributed by atoms with Crippen LogP contribution in [0.3, 0.4) is 0 Å². The lowest BCUT2D eigenvalue weighted by atomic mass is 10.2. The lowest BCUT2D eigenvalue weighted by Crippen LogP contribution is -2.26. The first-order valence-corrected chi connectivity index (χ1v) is 6.24. The van der Waals surface area contributed by atoms with Gasteiger partial charge in [-0.2, -0.15) is 5.10 Å². The number of nitrogens with zero attached hydrogens (tertiary/aromatic N) is 2. The van der Waals surface area contributed by atoms with Crippen LogP contribution in [0.5, 0.6) is 0 Å². The number of para-hydroxylation sites is 1. The normalized spacial score (nSPS) is 10.3. The molecular formula is C13H14ClN3O. The molecule has 0 spiro atoms. The molecule has 4 nitrogen and oxygen atoms in total. The molecule has 0 fully saturated rings. The Balaban J connectivity index is 1.93. The van der Waals surface area contributed by atoms with Crippen LogP contribution in [-0.2, 0) is 11.2 Å². The van der Waals surface area contributed by atoms with Gasteiger partial charge in [0, 0.05) is 12.7 Å². The number of hydrogen-bond acceptors (Lipinski definition) is 2. The molecule has 18 heavy (non-hydrogen) atoms. The van der Waals surface area contributed by atoms with Crippen molar-refractivity contribution in [2.45, 2.75) is 6.42 Å². The van der Waals surface area contributed by atoms with Crippen LogP contribution in [0.2, 0.25) is 0 Å². The SMILES string of the molecule is O=C(CCl)NCCc1cnn(-c2ccccc2)c1. The number of aromatic nitrogens is 2. The molecule has 2 aromatic rings. The third-order valence-electron chi connectivity index (χ3n) is 2.51. The molecule has 0 radical (unpaired) electrons. The molecule has 0 bridgehead atoms. The molecule has 0 aliphatic rings. The van der Waals surface area contributed by atoms with Gasteiger partial charge in [-0.1, -0.05) is 18.2 Å².